The van der Waals surface area contributed by atoms with Gasteiger partial charge in [0.2, 0.25) is 16.9 Å². The van der Waals surface area contributed by atoms with Gasteiger partial charge in [-0.1, -0.05) is 28.1 Å². The van der Waals surface area contributed by atoms with Crippen molar-refractivity contribution in [3.05, 3.63) is 52.0 Å². The van der Waals surface area contributed by atoms with E-state index in [1.54, 1.807) is 0 Å². The van der Waals surface area contributed by atoms with E-state index in [0.717, 1.165) is 21.5 Å². The van der Waals surface area contributed by atoms with Gasteiger partial charge in [0.05, 0.1) is 5.69 Å². The highest BCUT2D eigenvalue weighted by Crippen LogP contribution is 2.27. The number of nitrogens with two attached hydrogens (primary N) is 1. The number of hydrogen-bond donors (Lipinski definition) is 1. The van der Waals surface area contributed by atoms with Crippen LogP contribution in [0.5, 0.6) is 0 Å². The molecule has 0 fully saturated rings. The minimum absolute atomic E-state index is 0.274. The average Bonchev–Trinajstić information content (AvgIpc) is 3.27. The first-order chi connectivity index (χ1) is 11.6. The summed E-state index contributed by atoms with van der Waals surface area (Å²) in [6.07, 6.45) is 0. The molecule has 0 aliphatic carbocycles. The van der Waals surface area contributed by atoms with E-state index >= 15 is 0 Å². The standard InChI is InChI=1S/C16H12BrN5OS/c1-9-2-7-13(23-9)14-20-15(18)22(21-14)16-19-12(8-24-16)10-3-5-11(17)6-4-10/h2-8H,1H3,(H2,18,20,21). The molecule has 0 spiro atoms. The highest BCUT2D eigenvalue weighted by molar-refractivity contribution is 9.10. The summed E-state index contributed by atoms with van der Waals surface area (Å²) in [5, 5.41) is 7.04. The summed E-state index contributed by atoms with van der Waals surface area (Å²) in [4.78, 5) is 8.87. The van der Waals surface area contributed by atoms with E-state index in [1.807, 2.05) is 48.7 Å². The van der Waals surface area contributed by atoms with Crippen LogP contribution in [0.15, 0.2) is 50.7 Å². The molecule has 6 nitrogen and oxygen atoms in total. The molecule has 4 aromatic rings. The summed E-state index contributed by atoms with van der Waals surface area (Å²) in [5.74, 6) is 2.10. The Hall–Kier alpha value is -2.45. The molecule has 0 aliphatic heterocycles. The molecule has 120 valence electrons. The molecule has 0 amide bonds. The lowest BCUT2D eigenvalue weighted by atomic mass is 10.2. The number of nitrogens with zero attached hydrogens (tertiary/aromatic N) is 4. The smallest absolute Gasteiger partial charge is 0.226 e. The highest BCUT2D eigenvalue weighted by atomic mass is 79.9. The Kier molecular flexibility index (Phi) is 3.70. The zero-order valence-corrected chi connectivity index (χ0v) is 15.0. The maximum absolute atomic E-state index is 5.99. The second-order valence-electron chi connectivity index (χ2n) is 5.14. The van der Waals surface area contributed by atoms with Crippen molar-refractivity contribution >= 4 is 33.2 Å². The van der Waals surface area contributed by atoms with Gasteiger partial charge in [-0.25, -0.2) is 4.98 Å². The largest absolute Gasteiger partial charge is 0.458 e. The van der Waals surface area contributed by atoms with Gasteiger partial charge in [-0.2, -0.15) is 9.67 Å². The van der Waals surface area contributed by atoms with E-state index in [0.29, 0.717) is 16.7 Å². The Morgan fingerprint density at radius 2 is 1.92 bits per heavy atom. The fraction of sp³-hybridized carbons (Fsp3) is 0.0625. The van der Waals surface area contributed by atoms with E-state index in [1.165, 1.54) is 16.0 Å². The Bertz CT molecular complexity index is 1000. The van der Waals surface area contributed by atoms with Crippen molar-refractivity contribution in [3.63, 3.8) is 0 Å². The van der Waals surface area contributed by atoms with Crippen molar-refractivity contribution in [2.24, 2.45) is 0 Å². The number of anilines is 1. The average molecular weight is 402 g/mol. The van der Waals surface area contributed by atoms with Crippen LogP contribution in [0.1, 0.15) is 5.76 Å². The summed E-state index contributed by atoms with van der Waals surface area (Å²) in [6, 6.07) is 11.7. The molecule has 3 aromatic heterocycles. The molecule has 0 radical (unpaired) electrons. The van der Waals surface area contributed by atoms with Gasteiger partial charge in [-0.3, -0.25) is 0 Å². The van der Waals surface area contributed by atoms with Gasteiger partial charge in [-0.05, 0) is 31.2 Å². The lowest BCUT2D eigenvalue weighted by molar-refractivity contribution is 0.544. The molecule has 8 heteroatoms. The third kappa shape index (κ3) is 2.74. The Morgan fingerprint density at radius 3 is 2.62 bits per heavy atom. The van der Waals surface area contributed by atoms with Crippen molar-refractivity contribution in [3.8, 4) is 28.0 Å². The highest BCUT2D eigenvalue weighted by Gasteiger charge is 2.16. The minimum atomic E-state index is 0.274. The second-order valence-corrected chi connectivity index (χ2v) is 6.89. The van der Waals surface area contributed by atoms with Gasteiger partial charge >= 0.3 is 0 Å². The lowest BCUT2D eigenvalue weighted by Gasteiger charge is -1.97. The quantitative estimate of drug-likeness (QED) is 0.552. The maximum atomic E-state index is 5.99. The SMILES string of the molecule is Cc1ccc(-c2nc(N)n(-c3nc(-c4ccc(Br)cc4)cs3)n2)o1. The number of hydrogen-bond acceptors (Lipinski definition) is 6. The summed E-state index contributed by atoms with van der Waals surface area (Å²) >= 11 is 4.89. The number of nitrogen functional groups attached to an aromatic ring is 1. The minimum Gasteiger partial charge on any atom is -0.458 e. The zero-order valence-electron chi connectivity index (χ0n) is 12.6. The van der Waals surface area contributed by atoms with Crippen LogP contribution in [-0.4, -0.2) is 19.7 Å². The maximum Gasteiger partial charge on any atom is 0.226 e. The van der Waals surface area contributed by atoms with Crippen LogP contribution in [0, 0.1) is 6.92 Å². The molecule has 0 saturated carbocycles. The molecule has 1 aromatic carbocycles. The molecule has 0 bridgehead atoms. The van der Waals surface area contributed by atoms with Gasteiger partial charge < -0.3 is 10.2 Å². The molecule has 0 aliphatic rings. The van der Waals surface area contributed by atoms with Gasteiger partial charge in [0.15, 0.2) is 5.76 Å². The van der Waals surface area contributed by atoms with Crippen molar-refractivity contribution in [1.29, 1.82) is 0 Å². The number of aryl methyl sites for hydroxylation is 1. The summed E-state index contributed by atoms with van der Waals surface area (Å²) in [5.41, 5.74) is 7.89. The van der Waals surface area contributed by atoms with E-state index in [9.17, 15) is 0 Å². The van der Waals surface area contributed by atoms with Crippen LogP contribution in [0.2, 0.25) is 0 Å². The predicted molar refractivity (Wildman–Crippen MR) is 97.0 cm³/mol. The summed E-state index contributed by atoms with van der Waals surface area (Å²) in [6.45, 7) is 1.87. The fourth-order valence-electron chi connectivity index (χ4n) is 2.24. The Morgan fingerprint density at radius 1 is 1.12 bits per heavy atom. The van der Waals surface area contributed by atoms with Crippen LogP contribution in [-0.2, 0) is 0 Å². The van der Waals surface area contributed by atoms with Crippen molar-refractivity contribution < 1.29 is 4.42 Å². The third-order valence-electron chi connectivity index (χ3n) is 3.41. The van der Waals surface area contributed by atoms with E-state index in [-0.39, 0.29) is 5.95 Å². The fourth-order valence-corrected chi connectivity index (χ4v) is 3.29. The summed E-state index contributed by atoms with van der Waals surface area (Å²) in [7, 11) is 0. The molecule has 4 rings (SSSR count). The number of rotatable bonds is 3. The number of halogens is 1. The normalized spacial score (nSPS) is 11.1. The van der Waals surface area contributed by atoms with Crippen LogP contribution < -0.4 is 5.73 Å². The first-order valence-electron chi connectivity index (χ1n) is 7.11. The van der Waals surface area contributed by atoms with Crippen molar-refractivity contribution in [2.75, 3.05) is 5.73 Å². The molecule has 24 heavy (non-hydrogen) atoms. The topological polar surface area (TPSA) is 82.8 Å². The van der Waals surface area contributed by atoms with E-state index < -0.39 is 0 Å². The first-order valence-corrected chi connectivity index (χ1v) is 8.78. The molecule has 0 saturated heterocycles. The van der Waals surface area contributed by atoms with E-state index in [4.69, 9.17) is 10.2 Å². The third-order valence-corrected chi connectivity index (χ3v) is 4.75. The molecule has 0 unspecified atom stereocenters. The molecular weight excluding hydrogens is 390 g/mol. The Balaban J connectivity index is 1.70. The molecule has 2 N–H and O–H groups in total. The number of thiazole rings is 1. The van der Waals surface area contributed by atoms with Crippen molar-refractivity contribution in [1.82, 2.24) is 19.7 Å². The molecule has 3 heterocycles. The van der Waals surface area contributed by atoms with Gasteiger partial charge in [0.1, 0.15) is 5.76 Å². The van der Waals surface area contributed by atoms with Gasteiger partial charge in [0, 0.05) is 15.4 Å². The van der Waals surface area contributed by atoms with Gasteiger partial charge in [0.25, 0.3) is 0 Å². The number of furan rings is 1. The molecular formula is C16H12BrN5OS. The zero-order chi connectivity index (χ0) is 16.7. The van der Waals surface area contributed by atoms with E-state index in [2.05, 4.69) is 31.0 Å². The lowest BCUT2D eigenvalue weighted by Crippen LogP contribution is -2.01. The van der Waals surface area contributed by atoms with Crippen LogP contribution in [0.25, 0.3) is 28.0 Å². The van der Waals surface area contributed by atoms with Crippen LogP contribution in [0.4, 0.5) is 5.95 Å². The monoisotopic (exact) mass is 401 g/mol. The second kappa shape index (κ2) is 5.88. The summed E-state index contributed by atoms with van der Waals surface area (Å²) < 4.78 is 8.10. The first kappa shape index (κ1) is 15.1. The van der Waals surface area contributed by atoms with Crippen molar-refractivity contribution in [2.45, 2.75) is 6.92 Å². The number of aromatic nitrogens is 4. The predicted octanol–water partition coefficient (Wildman–Crippen LogP) is 4.30. The number of benzene rings is 1. The molecule has 0 atom stereocenters. The van der Waals surface area contributed by atoms with Gasteiger partial charge in [-0.15, -0.1) is 16.4 Å². The van der Waals surface area contributed by atoms with Crippen LogP contribution in [0.3, 0.4) is 0 Å². The Labute approximate surface area is 150 Å². The van der Waals surface area contributed by atoms with Crippen LogP contribution >= 0.6 is 27.3 Å².